The number of aliphatic hydroxyl groups excluding tert-OH is 1. The Morgan fingerprint density at radius 2 is 1.79 bits per heavy atom. The van der Waals surface area contributed by atoms with Gasteiger partial charge in [0.05, 0.1) is 17.8 Å². The second-order valence-corrected chi connectivity index (χ2v) is 6.39. The summed E-state index contributed by atoms with van der Waals surface area (Å²) in [6, 6.07) is 2.79. The van der Waals surface area contributed by atoms with Gasteiger partial charge >= 0.3 is 0 Å². The minimum Gasteiger partial charge on any atom is -0.393 e. The van der Waals surface area contributed by atoms with Gasteiger partial charge in [0, 0.05) is 6.20 Å². The summed E-state index contributed by atoms with van der Waals surface area (Å²) in [5.74, 6) is 0.434. The highest BCUT2D eigenvalue weighted by Crippen LogP contribution is 2.29. The maximum atomic E-state index is 10.1. The van der Waals surface area contributed by atoms with E-state index in [0.717, 1.165) is 19.3 Å². The van der Waals surface area contributed by atoms with E-state index in [0.29, 0.717) is 12.0 Å². The summed E-state index contributed by atoms with van der Waals surface area (Å²) < 4.78 is 2.18. The topological polar surface area (TPSA) is 38.0 Å². The number of aliphatic hydroxyl groups is 1. The molecule has 1 heterocycles. The molecule has 0 amide bonds. The molecule has 19 heavy (non-hydrogen) atoms. The molecule has 0 saturated heterocycles. The van der Waals surface area contributed by atoms with Crippen LogP contribution in [0.4, 0.5) is 0 Å². The molecule has 0 bridgehead atoms. The van der Waals surface area contributed by atoms with E-state index in [2.05, 4.69) is 16.9 Å². The van der Waals surface area contributed by atoms with Gasteiger partial charge in [0.1, 0.15) is 0 Å². The van der Waals surface area contributed by atoms with Crippen LogP contribution in [0.2, 0.25) is 0 Å². The van der Waals surface area contributed by atoms with Gasteiger partial charge in [-0.3, -0.25) is 4.68 Å². The van der Waals surface area contributed by atoms with E-state index in [9.17, 15) is 5.11 Å². The minimum absolute atomic E-state index is 0.103. The van der Waals surface area contributed by atoms with Crippen LogP contribution in [0, 0.1) is 5.92 Å². The van der Waals surface area contributed by atoms with Crippen molar-refractivity contribution in [3.63, 3.8) is 0 Å². The van der Waals surface area contributed by atoms with Crippen LogP contribution < -0.4 is 0 Å². The largest absolute Gasteiger partial charge is 0.393 e. The molecular formula is C16H26N2O. The summed E-state index contributed by atoms with van der Waals surface area (Å²) in [4.78, 5) is 0. The first kappa shape index (κ1) is 13.2. The first-order valence-electron chi connectivity index (χ1n) is 8.05. The Bertz CT molecular complexity index is 395. The van der Waals surface area contributed by atoms with Crippen molar-refractivity contribution < 1.29 is 5.11 Å². The van der Waals surface area contributed by atoms with Crippen LogP contribution in [0.5, 0.6) is 0 Å². The zero-order valence-electron chi connectivity index (χ0n) is 11.8. The van der Waals surface area contributed by atoms with E-state index in [-0.39, 0.29) is 6.10 Å². The molecule has 2 saturated carbocycles. The van der Waals surface area contributed by atoms with Crippen molar-refractivity contribution in [1.29, 1.82) is 0 Å². The fourth-order valence-corrected chi connectivity index (χ4v) is 3.73. The van der Waals surface area contributed by atoms with Gasteiger partial charge in [-0.2, -0.15) is 5.10 Å². The maximum Gasteiger partial charge on any atom is 0.0628 e. The monoisotopic (exact) mass is 262 g/mol. The third-order valence-electron chi connectivity index (χ3n) is 4.95. The molecule has 2 atom stereocenters. The molecule has 106 valence electrons. The zero-order valence-corrected chi connectivity index (χ0v) is 11.8. The second-order valence-electron chi connectivity index (χ2n) is 6.39. The normalized spacial score (nSPS) is 29.5. The average molecular weight is 262 g/mol. The molecule has 3 heteroatoms. The number of nitrogens with zero attached hydrogens (tertiary/aromatic N) is 2. The number of hydrogen-bond acceptors (Lipinski definition) is 2. The Balaban J connectivity index is 1.60. The highest BCUT2D eigenvalue weighted by molar-refractivity contribution is 5.02. The van der Waals surface area contributed by atoms with Crippen molar-refractivity contribution in [1.82, 2.24) is 9.78 Å². The first-order valence-corrected chi connectivity index (χ1v) is 8.05. The Kier molecular flexibility index (Phi) is 4.21. The van der Waals surface area contributed by atoms with Crippen LogP contribution in [0.25, 0.3) is 0 Å². The first-order chi connectivity index (χ1) is 9.33. The van der Waals surface area contributed by atoms with Crippen molar-refractivity contribution in [3.05, 3.63) is 18.0 Å². The number of rotatable bonds is 3. The Morgan fingerprint density at radius 3 is 2.58 bits per heavy atom. The Morgan fingerprint density at radius 1 is 1.05 bits per heavy atom. The van der Waals surface area contributed by atoms with Crippen LogP contribution in [0.15, 0.2) is 12.3 Å². The summed E-state index contributed by atoms with van der Waals surface area (Å²) in [6.07, 6.45) is 14.3. The van der Waals surface area contributed by atoms with Crippen LogP contribution in [0.1, 0.15) is 69.5 Å². The molecule has 2 aliphatic rings. The van der Waals surface area contributed by atoms with Crippen LogP contribution in [0.3, 0.4) is 0 Å². The van der Waals surface area contributed by atoms with E-state index in [1.165, 1.54) is 50.6 Å². The van der Waals surface area contributed by atoms with Crippen LogP contribution >= 0.6 is 0 Å². The van der Waals surface area contributed by atoms with Crippen molar-refractivity contribution in [2.75, 3.05) is 0 Å². The number of hydrogen-bond donors (Lipinski definition) is 1. The van der Waals surface area contributed by atoms with Crippen LogP contribution in [-0.2, 0) is 6.42 Å². The van der Waals surface area contributed by atoms with Crippen molar-refractivity contribution in [3.8, 4) is 0 Å². The van der Waals surface area contributed by atoms with E-state index < -0.39 is 0 Å². The highest BCUT2D eigenvalue weighted by Gasteiger charge is 2.24. The zero-order chi connectivity index (χ0) is 13.1. The molecular weight excluding hydrogens is 236 g/mol. The minimum atomic E-state index is -0.103. The molecule has 0 aromatic carbocycles. The molecule has 0 spiro atoms. The Hall–Kier alpha value is -0.830. The van der Waals surface area contributed by atoms with Gasteiger partial charge in [0.2, 0.25) is 0 Å². The molecule has 3 rings (SSSR count). The molecule has 0 radical (unpaired) electrons. The van der Waals surface area contributed by atoms with Crippen LogP contribution in [-0.4, -0.2) is 21.0 Å². The molecule has 0 aliphatic heterocycles. The SMILES string of the molecule is OC1CCCCC1Cc1ccn(C2CCCCC2)n1. The van der Waals surface area contributed by atoms with Gasteiger partial charge in [-0.15, -0.1) is 0 Å². The van der Waals surface area contributed by atoms with Crippen molar-refractivity contribution in [2.24, 2.45) is 5.92 Å². The molecule has 1 aromatic heterocycles. The summed E-state index contributed by atoms with van der Waals surface area (Å²) >= 11 is 0. The van der Waals surface area contributed by atoms with Gasteiger partial charge < -0.3 is 5.11 Å². The quantitative estimate of drug-likeness (QED) is 0.905. The van der Waals surface area contributed by atoms with Crippen molar-refractivity contribution >= 4 is 0 Å². The Labute approximate surface area is 116 Å². The van der Waals surface area contributed by atoms with Crippen molar-refractivity contribution in [2.45, 2.75) is 76.4 Å². The maximum absolute atomic E-state index is 10.1. The second kappa shape index (κ2) is 6.08. The molecule has 1 aromatic rings. The lowest BCUT2D eigenvalue weighted by molar-refractivity contribution is 0.0694. The van der Waals surface area contributed by atoms with E-state index >= 15 is 0 Å². The molecule has 2 aliphatic carbocycles. The van der Waals surface area contributed by atoms with E-state index in [4.69, 9.17) is 5.10 Å². The fraction of sp³-hybridized carbons (Fsp3) is 0.812. The van der Waals surface area contributed by atoms with E-state index in [1.807, 2.05) is 0 Å². The lowest BCUT2D eigenvalue weighted by Gasteiger charge is -2.27. The lowest BCUT2D eigenvalue weighted by atomic mass is 9.84. The highest BCUT2D eigenvalue weighted by atomic mass is 16.3. The summed E-state index contributed by atoms with van der Waals surface area (Å²) in [5.41, 5.74) is 1.18. The average Bonchev–Trinajstić information content (AvgIpc) is 2.91. The smallest absolute Gasteiger partial charge is 0.0628 e. The van der Waals surface area contributed by atoms with Gasteiger partial charge in [0.25, 0.3) is 0 Å². The van der Waals surface area contributed by atoms with Gasteiger partial charge in [-0.25, -0.2) is 0 Å². The van der Waals surface area contributed by atoms with Gasteiger partial charge in [-0.1, -0.05) is 32.1 Å². The lowest BCUT2D eigenvalue weighted by Crippen LogP contribution is -2.26. The fourth-order valence-electron chi connectivity index (χ4n) is 3.73. The number of aromatic nitrogens is 2. The predicted octanol–water partition coefficient (Wildman–Crippen LogP) is 3.48. The summed E-state index contributed by atoms with van der Waals surface area (Å²) in [6.45, 7) is 0. The van der Waals surface area contributed by atoms with Gasteiger partial charge in [-0.05, 0) is 44.1 Å². The summed E-state index contributed by atoms with van der Waals surface area (Å²) in [5, 5.41) is 14.8. The molecule has 3 nitrogen and oxygen atoms in total. The predicted molar refractivity (Wildman–Crippen MR) is 76.0 cm³/mol. The standard InChI is InChI=1S/C16H26N2O/c19-16-9-5-4-6-13(16)12-14-10-11-18(17-14)15-7-2-1-3-8-15/h10-11,13,15-16,19H,1-9,12H2. The van der Waals surface area contributed by atoms with Gasteiger partial charge in [0.15, 0.2) is 0 Å². The summed E-state index contributed by atoms with van der Waals surface area (Å²) in [7, 11) is 0. The molecule has 1 N–H and O–H groups in total. The van der Waals surface area contributed by atoms with E-state index in [1.54, 1.807) is 0 Å². The third kappa shape index (κ3) is 3.19. The molecule has 2 unspecified atom stereocenters. The molecule has 2 fully saturated rings. The third-order valence-corrected chi connectivity index (χ3v) is 4.95.